The van der Waals surface area contributed by atoms with E-state index in [1.165, 1.54) is 0 Å². The number of hydrogen-bond acceptors (Lipinski definition) is 4. The van der Waals surface area contributed by atoms with Crippen LogP contribution >= 0.6 is 15.9 Å². The lowest BCUT2D eigenvalue weighted by Crippen LogP contribution is -2.11. The van der Waals surface area contributed by atoms with Crippen LogP contribution in [0.1, 0.15) is 0 Å². The largest absolute Gasteiger partial charge is 0.491 e. The van der Waals surface area contributed by atoms with Crippen molar-refractivity contribution in [2.24, 2.45) is 0 Å². The molecule has 0 aromatic heterocycles. The minimum absolute atomic E-state index is 0.530. The molecule has 1 aromatic carbocycles. The summed E-state index contributed by atoms with van der Waals surface area (Å²) in [5.74, 6) is 0.804. The summed E-state index contributed by atoms with van der Waals surface area (Å²) in [4.78, 5) is 0. The van der Waals surface area contributed by atoms with Gasteiger partial charge in [0.05, 0.1) is 26.4 Å². The molecule has 0 aliphatic heterocycles. The molecule has 0 amide bonds. The summed E-state index contributed by atoms with van der Waals surface area (Å²) in [6.45, 7) is 3.02. The van der Waals surface area contributed by atoms with E-state index in [-0.39, 0.29) is 0 Å². The standard InChI is InChI=1S/C12H18BrNO3/c13-5-6-15-7-8-16-9-10-17-12-3-1-11(14)2-4-12/h1-4H,5-10,14H2. The molecule has 0 bridgehead atoms. The van der Waals surface area contributed by atoms with Crippen molar-refractivity contribution >= 4 is 21.6 Å². The van der Waals surface area contributed by atoms with Crippen LogP contribution in [0.25, 0.3) is 0 Å². The highest BCUT2D eigenvalue weighted by atomic mass is 79.9. The first-order chi connectivity index (χ1) is 8.33. The van der Waals surface area contributed by atoms with Crippen LogP contribution in [-0.2, 0) is 9.47 Å². The van der Waals surface area contributed by atoms with Crippen LogP contribution in [0.5, 0.6) is 5.75 Å². The Hall–Kier alpha value is -0.780. The van der Waals surface area contributed by atoms with Gasteiger partial charge in [0.25, 0.3) is 0 Å². The maximum atomic E-state index is 5.56. The average Bonchev–Trinajstić information content (AvgIpc) is 2.35. The predicted octanol–water partition coefficient (Wildman–Crippen LogP) is 2.08. The Morgan fingerprint density at radius 3 is 2.12 bits per heavy atom. The smallest absolute Gasteiger partial charge is 0.119 e. The van der Waals surface area contributed by atoms with Crippen LogP contribution in [0.3, 0.4) is 0 Å². The fourth-order valence-electron chi connectivity index (χ4n) is 1.16. The third-order valence-electron chi connectivity index (χ3n) is 1.97. The molecule has 96 valence electrons. The molecule has 2 N–H and O–H groups in total. The first-order valence-corrected chi connectivity index (χ1v) is 6.65. The van der Waals surface area contributed by atoms with E-state index in [2.05, 4.69) is 15.9 Å². The van der Waals surface area contributed by atoms with Crippen molar-refractivity contribution < 1.29 is 14.2 Å². The fourth-order valence-corrected chi connectivity index (χ4v) is 1.39. The third-order valence-corrected chi connectivity index (χ3v) is 2.29. The van der Waals surface area contributed by atoms with Gasteiger partial charge >= 0.3 is 0 Å². The molecule has 0 aliphatic rings. The van der Waals surface area contributed by atoms with Gasteiger partial charge in [-0.25, -0.2) is 0 Å². The topological polar surface area (TPSA) is 53.7 Å². The van der Waals surface area contributed by atoms with Crippen LogP contribution in [0.2, 0.25) is 0 Å². The molecule has 0 radical (unpaired) electrons. The molecule has 1 rings (SSSR count). The molecule has 1 aromatic rings. The summed E-state index contributed by atoms with van der Waals surface area (Å²) in [6, 6.07) is 7.30. The lowest BCUT2D eigenvalue weighted by molar-refractivity contribution is 0.0414. The second-order valence-corrected chi connectivity index (χ2v) is 4.12. The fraction of sp³-hybridized carbons (Fsp3) is 0.500. The summed E-state index contributed by atoms with van der Waals surface area (Å²) in [5, 5.41) is 0.854. The Morgan fingerprint density at radius 1 is 0.882 bits per heavy atom. The Balaban J connectivity index is 1.95. The lowest BCUT2D eigenvalue weighted by atomic mass is 10.3. The Morgan fingerprint density at radius 2 is 1.47 bits per heavy atom. The number of anilines is 1. The number of rotatable bonds is 9. The highest BCUT2D eigenvalue weighted by Gasteiger charge is 1.94. The summed E-state index contributed by atoms with van der Waals surface area (Å²) < 4.78 is 16.0. The van der Waals surface area contributed by atoms with Gasteiger partial charge in [0.1, 0.15) is 12.4 Å². The molecule has 0 saturated carbocycles. The van der Waals surface area contributed by atoms with Crippen molar-refractivity contribution in [2.75, 3.05) is 44.1 Å². The SMILES string of the molecule is Nc1ccc(OCCOCCOCCBr)cc1. The van der Waals surface area contributed by atoms with E-state index in [1.807, 2.05) is 24.3 Å². The van der Waals surface area contributed by atoms with Crippen LogP contribution < -0.4 is 10.5 Å². The van der Waals surface area contributed by atoms with Gasteiger partial charge < -0.3 is 19.9 Å². The van der Waals surface area contributed by atoms with Crippen molar-refractivity contribution in [1.29, 1.82) is 0 Å². The van der Waals surface area contributed by atoms with Gasteiger partial charge in [0.2, 0.25) is 0 Å². The van der Waals surface area contributed by atoms with Gasteiger partial charge in [-0.2, -0.15) is 0 Å². The maximum absolute atomic E-state index is 5.56. The molecule has 0 spiro atoms. The van der Waals surface area contributed by atoms with Gasteiger partial charge in [0.15, 0.2) is 0 Å². The highest BCUT2D eigenvalue weighted by Crippen LogP contribution is 2.12. The average molecular weight is 304 g/mol. The van der Waals surface area contributed by atoms with Crippen LogP contribution in [0.15, 0.2) is 24.3 Å². The molecule has 0 fully saturated rings. The Bertz CT molecular complexity index is 292. The molecule has 0 saturated heterocycles. The number of hydrogen-bond donors (Lipinski definition) is 1. The van der Waals surface area contributed by atoms with E-state index < -0.39 is 0 Å². The maximum Gasteiger partial charge on any atom is 0.119 e. The van der Waals surface area contributed by atoms with Crippen LogP contribution in [0.4, 0.5) is 5.69 Å². The van der Waals surface area contributed by atoms with E-state index >= 15 is 0 Å². The van der Waals surface area contributed by atoms with E-state index in [4.69, 9.17) is 19.9 Å². The second-order valence-electron chi connectivity index (χ2n) is 3.33. The molecule has 0 aliphatic carbocycles. The van der Waals surface area contributed by atoms with E-state index in [0.29, 0.717) is 33.0 Å². The first kappa shape index (κ1) is 14.3. The lowest BCUT2D eigenvalue weighted by Gasteiger charge is -2.07. The van der Waals surface area contributed by atoms with Crippen molar-refractivity contribution in [3.8, 4) is 5.75 Å². The van der Waals surface area contributed by atoms with Crippen LogP contribution in [0, 0.1) is 0 Å². The summed E-state index contributed by atoms with van der Waals surface area (Å²) in [5.41, 5.74) is 6.30. The summed E-state index contributed by atoms with van der Waals surface area (Å²) in [7, 11) is 0. The Kier molecular flexibility index (Phi) is 7.79. The zero-order valence-corrected chi connectivity index (χ0v) is 11.3. The summed E-state index contributed by atoms with van der Waals surface area (Å²) >= 11 is 3.28. The quantitative estimate of drug-likeness (QED) is 0.431. The van der Waals surface area contributed by atoms with Gasteiger partial charge in [-0.05, 0) is 24.3 Å². The summed E-state index contributed by atoms with van der Waals surface area (Å²) in [6.07, 6.45) is 0. The number of halogens is 1. The monoisotopic (exact) mass is 303 g/mol. The van der Waals surface area contributed by atoms with E-state index in [9.17, 15) is 0 Å². The second kappa shape index (κ2) is 9.27. The number of nitrogens with two attached hydrogens (primary N) is 1. The number of benzene rings is 1. The minimum Gasteiger partial charge on any atom is -0.491 e. The van der Waals surface area contributed by atoms with Gasteiger partial charge in [-0.1, -0.05) is 15.9 Å². The molecular formula is C12H18BrNO3. The molecule has 0 heterocycles. The van der Waals surface area contributed by atoms with Crippen molar-refractivity contribution in [2.45, 2.75) is 0 Å². The van der Waals surface area contributed by atoms with Crippen LogP contribution in [-0.4, -0.2) is 38.4 Å². The van der Waals surface area contributed by atoms with Crippen molar-refractivity contribution in [1.82, 2.24) is 0 Å². The van der Waals surface area contributed by atoms with E-state index in [0.717, 1.165) is 16.8 Å². The normalized spacial score (nSPS) is 10.4. The van der Waals surface area contributed by atoms with Gasteiger partial charge in [-0.15, -0.1) is 0 Å². The predicted molar refractivity (Wildman–Crippen MR) is 71.8 cm³/mol. The van der Waals surface area contributed by atoms with Crippen molar-refractivity contribution in [3.05, 3.63) is 24.3 Å². The van der Waals surface area contributed by atoms with Crippen molar-refractivity contribution in [3.63, 3.8) is 0 Å². The van der Waals surface area contributed by atoms with Gasteiger partial charge in [0, 0.05) is 11.0 Å². The number of nitrogen functional groups attached to an aromatic ring is 1. The number of alkyl halides is 1. The molecular weight excluding hydrogens is 286 g/mol. The molecule has 0 atom stereocenters. The van der Waals surface area contributed by atoms with Gasteiger partial charge in [-0.3, -0.25) is 0 Å². The number of ether oxygens (including phenoxy) is 3. The first-order valence-electron chi connectivity index (χ1n) is 5.52. The zero-order valence-electron chi connectivity index (χ0n) is 9.73. The molecule has 4 nitrogen and oxygen atoms in total. The Labute approximate surface area is 110 Å². The minimum atomic E-state index is 0.530. The molecule has 17 heavy (non-hydrogen) atoms. The third kappa shape index (κ3) is 7.20. The molecule has 0 unspecified atom stereocenters. The highest BCUT2D eigenvalue weighted by molar-refractivity contribution is 9.09. The molecule has 5 heteroatoms. The zero-order chi connectivity index (χ0) is 12.3. The van der Waals surface area contributed by atoms with E-state index in [1.54, 1.807) is 0 Å².